The molecule has 0 spiro atoms. The predicted molar refractivity (Wildman–Crippen MR) is 62.3 cm³/mol. The van der Waals surface area contributed by atoms with Gasteiger partial charge in [-0.3, -0.25) is 0 Å². The van der Waals surface area contributed by atoms with E-state index in [1.165, 1.54) is 4.88 Å². The second kappa shape index (κ2) is 3.66. The van der Waals surface area contributed by atoms with E-state index in [1.807, 2.05) is 26.8 Å². The molecule has 0 unspecified atom stereocenters. The van der Waals surface area contributed by atoms with Crippen molar-refractivity contribution in [2.45, 2.75) is 26.9 Å². The van der Waals surface area contributed by atoms with Gasteiger partial charge in [0.05, 0.1) is 11.5 Å². The number of aromatic nitrogens is 2. The van der Waals surface area contributed by atoms with Crippen molar-refractivity contribution in [3.8, 4) is 5.88 Å². The molecule has 0 aliphatic heterocycles. The molecule has 0 saturated carbocycles. The highest BCUT2D eigenvalue weighted by Gasteiger charge is 2.11. The summed E-state index contributed by atoms with van der Waals surface area (Å²) in [6.07, 6.45) is 0.0858. The minimum Gasteiger partial charge on any atom is -0.474 e. The molecule has 0 radical (unpaired) electrons. The molecule has 2 aromatic rings. The minimum absolute atomic E-state index is 0.0858. The summed E-state index contributed by atoms with van der Waals surface area (Å²) in [7, 11) is 0. The van der Waals surface area contributed by atoms with Crippen molar-refractivity contribution in [2.24, 2.45) is 0 Å². The molecule has 0 amide bonds. The van der Waals surface area contributed by atoms with Gasteiger partial charge in [0.25, 0.3) is 0 Å². The molecule has 0 atom stereocenters. The lowest BCUT2D eigenvalue weighted by Crippen LogP contribution is -2.08. The van der Waals surface area contributed by atoms with Crippen LogP contribution in [-0.2, 0) is 0 Å². The maximum Gasteiger partial charge on any atom is 0.227 e. The van der Waals surface area contributed by atoms with Gasteiger partial charge < -0.3 is 10.5 Å². The highest BCUT2D eigenvalue weighted by Crippen LogP contribution is 2.30. The van der Waals surface area contributed by atoms with Crippen molar-refractivity contribution in [2.75, 3.05) is 5.73 Å². The zero-order valence-electron chi connectivity index (χ0n) is 8.94. The molecular formula is C10H13N3OS. The largest absolute Gasteiger partial charge is 0.474 e. The first-order valence-corrected chi connectivity index (χ1v) is 5.58. The highest BCUT2D eigenvalue weighted by molar-refractivity contribution is 7.18. The summed E-state index contributed by atoms with van der Waals surface area (Å²) in [6.45, 7) is 5.95. The van der Waals surface area contributed by atoms with Gasteiger partial charge in [0.1, 0.15) is 4.83 Å². The summed E-state index contributed by atoms with van der Waals surface area (Å²) < 4.78 is 5.60. The zero-order chi connectivity index (χ0) is 11.0. The molecule has 0 fully saturated rings. The van der Waals surface area contributed by atoms with Gasteiger partial charge in [0.15, 0.2) is 0 Å². The molecule has 2 rings (SSSR count). The lowest BCUT2D eigenvalue weighted by Gasteiger charge is -2.09. The summed E-state index contributed by atoms with van der Waals surface area (Å²) in [4.78, 5) is 10.3. The number of rotatable bonds is 2. The Morgan fingerprint density at radius 3 is 2.80 bits per heavy atom. The normalized spacial score (nSPS) is 11.2. The number of nitrogen functional groups attached to an aromatic ring is 1. The van der Waals surface area contributed by atoms with Crippen LogP contribution in [0.4, 0.5) is 5.95 Å². The highest BCUT2D eigenvalue weighted by atomic mass is 32.1. The summed E-state index contributed by atoms with van der Waals surface area (Å²) >= 11 is 1.60. The van der Waals surface area contributed by atoms with Crippen LogP contribution in [0.2, 0.25) is 0 Å². The molecule has 0 bridgehead atoms. The molecule has 2 N–H and O–H groups in total. The number of ether oxygens (including phenoxy) is 1. The van der Waals surface area contributed by atoms with Crippen molar-refractivity contribution in [1.29, 1.82) is 0 Å². The maximum atomic E-state index is 5.61. The average molecular weight is 223 g/mol. The molecule has 4 nitrogen and oxygen atoms in total. The molecule has 2 aromatic heterocycles. The Morgan fingerprint density at radius 1 is 1.40 bits per heavy atom. The van der Waals surface area contributed by atoms with E-state index in [1.54, 1.807) is 11.3 Å². The van der Waals surface area contributed by atoms with Crippen molar-refractivity contribution in [1.82, 2.24) is 9.97 Å². The Morgan fingerprint density at radius 2 is 2.13 bits per heavy atom. The lowest BCUT2D eigenvalue weighted by atomic mass is 10.3. The fourth-order valence-electron chi connectivity index (χ4n) is 1.34. The maximum absolute atomic E-state index is 5.61. The zero-order valence-corrected chi connectivity index (χ0v) is 9.76. The van der Waals surface area contributed by atoms with Crippen LogP contribution in [0.1, 0.15) is 18.7 Å². The van der Waals surface area contributed by atoms with Gasteiger partial charge in [-0.2, -0.15) is 4.98 Å². The first kappa shape index (κ1) is 10.2. The van der Waals surface area contributed by atoms with Gasteiger partial charge in [0.2, 0.25) is 11.8 Å². The Hall–Kier alpha value is -1.36. The van der Waals surface area contributed by atoms with Crippen molar-refractivity contribution in [3.05, 3.63) is 10.9 Å². The predicted octanol–water partition coefficient (Wildman–Crippen LogP) is 2.37. The fourth-order valence-corrected chi connectivity index (χ4v) is 2.22. The van der Waals surface area contributed by atoms with Crippen LogP contribution >= 0.6 is 11.3 Å². The quantitative estimate of drug-likeness (QED) is 0.849. The monoisotopic (exact) mass is 223 g/mol. The summed E-state index contributed by atoms with van der Waals surface area (Å²) in [5.41, 5.74) is 5.61. The Labute approximate surface area is 92.1 Å². The number of thiophene rings is 1. The van der Waals surface area contributed by atoms with Crippen LogP contribution < -0.4 is 10.5 Å². The Kier molecular flexibility index (Phi) is 2.48. The first-order valence-electron chi connectivity index (χ1n) is 4.76. The molecule has 2 heterocycles. The van der Waals surface area contributed by atoms with Crippen LogP contribution in [0.5, 0.6) is 5.88 Å². The third kappa shape index (κ3) is 2.02. The third-order valence-corrected chi connectivity index (χ3v) is 2.79. The number of hydrogen-bond acceptors (Lipinski definition) is 5. The van der Waals surface area contributed by atoms with Gasteiger partial charge in [-0.1, -0.05) is 0 Å². The Bertz CT molecular complexity index is 493. The van der Waals surface area contributed by atoms with Gasteiger partial charge in [-0.15, -0.1) is 11.3 Å². The molecule has 0 saturated heterocycles. The van der Waals surface area contributed by atoms with Crippen LogP contribution in [0, 0.1) is 6.92 Å². The molecule has 80 valence electrons. The Balaban J connectivity index is 2.59. The number of nitrogens with two attached hydrogens (primary N) is 1. The second-order valence-electron chi connectivity index (χ2n) is 3.63. The first-order chi connectivity index (χ1) is 7.06. The van der Waals surface area contributed by atoms with Crippen LogP contribution in [0.25, 0.3) is 10.2 Å². The number of nitrogens with zero attached hydrogens (tertiary/aromatic N) is 2. The molecule has 0 aliphatic rings. The summed E-state index contributed by atoms with van der Waals surface area (Å²) in [5, 5.41) is 0.945. The minimum atomic E-state index is 0.0858. The molecule has 5 heteroatoms. The van der Waals surface area contributed by atoms with Crippen LogP contribution in [-0.4, -0.2) is 16.1 Å². The molecule has 0 aromatic carbocycles. The van der Waals surface area contributed by atoms with Gasteiger partial charge in [-0.05, 0) is 26.8 Å². The van der Waals surface area contributed by atoms with E-state index in [0.29, 0.717) is 5.88 Å². The molecule has 15 heavy (non-hydrogen) atoms. The number of anilines is 1. The second-order valence-corrected chi connectivity index (χ2v) is 4.86. The molecule has 0 aliphatic carbocycles. The van der Waals surface area contributed by atoms with Gasteiger partial charge >= 0.3 is 0 Å². The third-order valence-electron chi connectivity index (χ3n) is 1.85. The SMILES string of the molecule is Cc1cc2c(OC(C)C)nc(N)nc2s1. The molecular weight excluding hydrogens is 210 g/mol. The van der Waals surface area contributed by atoms with Crippen molar-refractivity contribution >= 4 is 27.5 Å². The van der Waals surface area contributed by atoms with Crippen LogP contribution in [0.15, 0.2) is 6.07 Å². The average Bonchev–Trinajstić information content (AvgIpc) is 2.44. The van der Waals surface area contributed by atoms with E-state index in [2.05, 4.69) is 9.97 Å². The van der Waals surface area contributed by atoms with Crippen molar-refractivity contribution < 1.29 is 4.74 Å². The van der Waals surface area contributed by atoms with E-state index in [9.17, 15) is 0 Å². The van der Waals surface area contributed by atoms with Gasteiger partial charge in [-0.25, -0.2) is 4.98 Å². The lowest BCUT2D eigenvalue weighted by molar-refractivity contribution is 0.236. The van der Waals surface area contributed by atoms with E-state index >= 15 is 0 Å². The summed E-state index contributed by atoms with van der Waals surface area (Å²) in [6, 6.07) is 2.02. The smallest absolute Gasteiger partial charge is 0.227 e. The topological polar surface area (TPSA) is 61.0 Å². The van der Waals surface area contributed by atoms with E-state index in [4.69, 9.17) is 10.5 Å². The van der Waals surface area contributed by atoms with E-state index < -0.39 is 0 Å². The number of hydrogen-bond donors (Lipinski definition) is 1. The number of fused-ring (bicyclic) bond motifs is 1. The van der Waals surface area contributed by atoms with Gasteiger partial charge in [0, 0.05) is 4.88 Å². The van der Waals surface area contributed by atoms with E-state index in [0.717, 1.165) is 10.2 Å². The number of aryl methyl sites for hydroxylation is 1. The van der Waals surface area contributed by atoms with Crippen LogP contribution in [0.3, 0.4) is 0 Å². The summed E-state index contributed by atoms with van der Waals surface area (Å²) in [5.74, 6) is 0.844. The standard InChI is InChI=1S/C10H13N3OS/c1-5(2)14-8-7-4-6(3)15-9(7)13-10(11)12-8/h4-5H,1-3H3,(H2,11,12,13). The van der Waals surface area contributed by atoms with E-state index in [-0.39, 0.29) is 12.1 Å². The fraction of sp³-hybridized carbons (Fsp3) is 0.400. The van der Waals surface area contributed by atoms with Crippen molar-refractivity contribution in [3.63, 3.8) is 0 Å².